The number of furan rings is 1. The van der Waals surface area contributed by atoms with E-state index in [2.05, 4.69) is 115 Å². The summed E-state index contributed by atoms with van der Waals surface area (Å²) >= 11 is 0. The maximum absolute atomic E-state index is 6.13. The Kier molecular flexibility index (Phi) is 8.02. The third-order valence-corrected chi connectivity index (χ3v) is 7.73. The first-order valence-electron chi connectivity index (χ1n) is 15.2. The predicted molar refractivity (Wildman–Crippen MR) is 186 cm³/mol. The molecule has 0 aliphatic heterocycles. The van der Waals surface area contributed by atoms with Gasteiger partial charge < -0.3 is 4.42 Å². The molecule has 2 heterocycles. The SMILES string of the molecule is CC.CC.c1ccc(-c2c3ccccc3c(-c3ccc(-c4ccc5c(c4)oc4ccccc45)cn3)c3ccccc23)cc1. The lowest BCUT2D eigenvalue weighted by Gasteiger charge is -2.17. The van der Waals surface area contributed by atoms with Crippen molar-refractivity contribution in [1.29, 1.82) is 0 Å². The van der Waals surface area contributed by atoms with Crippen molar-refractivity contribution in [2.45, 2.75) is 27.7 Å². The van der Waals surface area contributed by atoms with E-state index in [4.69, 9.17) is 9.40 Å². The van der Waals surface area contributed by atoms with Gasteiger partial charge in [0.25, 0.3) is 0 Å². The van der Waals surface area contributed by atoms with Crippen LogP contribution in [0.1, 0.15) is 27.7 Å². The molecule has 8 rings (SSSR count). The molecule has 0 saturated heterocycles. The minimum absolute atomic E-state index is 0.895. The highest BCUT2D eigenvalue weighted by Gasteiger charge is 2.17. The fourth-order valence-corrected chi connectivity index (χ4v) is 5.94. The summed E-state index contributed by atoms with van der Waals surface area (Å²) in [7, 11) is 0. The third-order valence-electron chi connectivity index (χ3n) is 7.73. The summed E-state index contributed by atoms with van der Waals surface area (Å²) in [6, 6.07) is 47.0. The highest BCUT2D eigenvalue weighted by Crippen LogP contribution is 2.43. The molecule has 6 aromatic carbocycles. The van der Waals surface area contributed by atoms with Gasteiger partial charge in [-0.15, -0.1) is 0 Å². The third kappa shape index (κ3) is 4.96. The van der Waals surface area contributed by atoms with Crippen molar-refractivity contribution < 1.29 is 4.42 Å². The van der Waals surface area contributed by atoms with Crippen LogP contribution < -0.4 is 0 Å². The Morgan fingerprint density at radius 3 is 1.51 bits per heavy atom. The topological polar surface area (TPSA) is 26.0 Å². The molecular formula is C41H35NO. The van der Waals surface area contributed by atoms with Gasteiger partial charge in [-0.05, 0) is 62.5 Å². The lowest BCUT2D eigenvalue weighted by Crippen LogP contribution is -1.92. The molecule has 0 aliphatic rings. The van der Waals surface area contributed by atoms with E-state index >= 15 is 0 Å². The zero-order valence-corrected chi connectivity index (χ0v) is 25.1. The molecule has 0 bridgehead atoms. The number of fused-ring (bicyclic) bond motifs is 5. The van der Waals surface area contributed by atoms with Crippen molar-refractivity contribution in [1.82, 2.24) is 4.98 Å². The number of aromatic nitrogens is 1. The average molecular weight is 558 g/mol. The molecule has 0 N–H and O–H groups in total. The second kappa shape index (κ2) is 12.3. The van der Waals surface area contributed by atoms with E-state index in [0.29, 0.717) is 0 Å². The summed E-state index contributed by atoms with van der Waals surface area (Å²) in [6.07, 6.45) is 1.98. The molecule has 0 atom stereocenters. The van der Waals surface area contributed by atoms with E-state index in [1.165, 1.54) is 38.2 Å². The molecule has 0 fully saturated rings. The zero-order valence-electron chi connectivity index (χ0n) is 25.1. The molecule has 0 saturated carbocycles. The number of benzene rings is 6. The molecule has 2 nitrogen and oxygen atoms in total. The van der Waals surface area contributed by atoms with Crippen LogP contribution in [0.5, 0.6) is 0 Å². The van der Waals surface area contributed by atoms with E-state index in [-0.39, 0.29) is 0 Å². The molecule has 0 radical (unpaired) electrons. The predicted octanol–water partition coefficient (Wildman–Crippen LogP) is 12.3. The fraction of sp³-hybridized carbons (Fsp3) is 0.0976. The van der Waals surface area contributed by atoms with Gasteiger partial charge in [0.2, 0.25) is 0 Å². The maximum atomic E-state index is 6.13. The van der Waals surface area contributed by atoms with Gasteiger partial charge in [0, 0.05) is 28.1 Å². The highest BCUT2D eigenvalue weighted by atomic mass is 16.3. The quantitative estimate of drug-likeness (QED) is 0.202. The average Bonchev–Trinajstić information content (AvgIpc) is 3.47. The van der Waals surface area contributed by atoms with Crippen LogP contribution in [0.4, 0.5) is 0 Å². The summed E-state index contributed by atoms with van der Waals surface area (Å²) in [6.45, 7) is 8.00. The summed E-state index contributed by atoms with van der Waals surface area (Å²) in [4.78, 5) is 5.02. The molecule has 0 unspecified atom stereocenters. The molecule has 0 amide bonds. The minimum atomic E-state index is 0.895. The molecule has 0 aliphatic carbocycles. The second-order valence-electron chi connectivity index (χ2n) is 9.95. The number of para-hydroxylation sites is 1. The van der Waals surface area contributed by atoms with E-state index in [9.17, 15) is 0 Å². The van der Waals surface area contributed by atoms with Crippen molar-refractivity contribution >= 4 is 43.5 Å². The first-order valence-corrected chi connectivity index (χ1v) is 15.2. The molecule has 210 valence electrons. The molecular weight excluding hydrogens is 522 g/mol. The molecule has 2 heteroatoms. The van der Waals surface area contributed by atoms with Crippen LogP contribution in [0, 0.1) is 0 Å². The maximum Gasteiger partial charge on any atom is 0.136 e. The second-order valence-corrected chi connectivity index (χ2v) is 9.95. The number of hydrogen-bond donors (Lipinski definition) is 0. The van der Waals surface area contributed by atoms with Gasteiger partial charge in [0.15, 0.2) is 0 Å². The lowest BCUT2D eigenvalue weighted by atomic mass is 9.87. The van der Waals surface area contributed by atoms with Crippen molar-refractivity contribution in [3.63, 3.8) is 0 Å². The van der Waals surface area contributed by atoms with Crippen molar-refractivity contribution in [2.75, 3.05) is 0 Å². The standard InChI is InChI=1S/C37H23NO.2C2H6/c1-2-10-24(11-3-1)36-29-13-4-6-15-31(29)37(32-16-7-5-14-30(32)36)33-21-19-26(23-38-33)25-18-20-28-27-12-8-9-17-34(27)39-35(28)22-25;2*1-2/h1-23H;2*1-2H3. The van der Waals surface area contributed by atoms with Crippen LogP contribution in [0.25, 0.3) is 77.0 Å². The Labute approximate surface area is 253 Å². The van der Waals surface area contributed by atoms with Crippen molar-refractivity contribution in [3.05, 3.63) is 140 Å². The molecule has 2 aromatic heterocycles. The molecule has 43 heavy (non-hydrogen) atoms. The fourth-order valence-electron chi connectivity index (χ4n) is 5.94. The highest BCUT2D eigenvalue weighted by molar-refractivity contribution is 6.21. The van der Waals surface area contributed by atoms with Gasteiger partial charge in [-0.3, -0.25) is 4.98 Å². The number of nitrogens with zero attached hydrogens (tertiary/aromatic N) is 1. The number of hydrogen-bond acceptors (Lipinski definition) is 2. The smallest absolute Gasteiger partial charge is 0.136 e. The number of rotatable bonds is 3. The Morgan fingerprint density at radius 2 is 0.907 bits per heavy atom. The summed E-state index contributed by atoms with van der Waals surface area (Å²) in [5, 5.41) is 7.16. The van der Waals surface area contributed by atoms with Gasteiger partial charge in [-0.1, -0.05) is 137 Å². The van der Waals surface area contributed by atoms with Gasteiger partial charge in [-0.25, -0.2) is 0 Å². The minimum Gasteiger partial charge on any atom is -0.456 e. The van der Waals surface area contributed by atoms with E-state index in [0.717, 1.165) is 38.8 Å². The van der Waals surface area contributed by atoms with Crippen LogP contribution in [-0.2, 0) is 0 Å². The normalized spacial score (nSPS) is 10.8. The van der Waals surface area contributed by atoms with Crippen molar-refractivity contribution in [3.8, 4) is 33.5 Å². The largest absolute Gasteiger partial charge is 0.456 e. The van der Waals surface area contributed by atoms with Crippen LogP contribution in [-0.4, -0.2) is 4.98 Å². The van der Waals surface area contributed by atoms with Gasteiger partial charge in [-0.2, -0.15) is 0 Å². The van der Waals surface area contributed by atoms with Gasteiger partial charge in [0.05, 0.1) is 5.69 Å². The Balaban J connectivity index is 0.000000792. The summed E-state index contributed by atoms with van der Waals surface area (Å²) in [5.41, 5.74) is 8.59. The summed E-state index contributed by atoms with van der Waals surface area (Å²) in [5.74, 6) is 0. The summed E-state index contributed by atoms with van der Waals surface area (Å²) < 4.78 is 6.13. The van der Waals surface area contributed by atoms with E-state index in [1.54, 1.807) is 0 Å². The monoisotopic (exact) mass is 557 g/mol. The van der Waals surface area contributed by atoms with Crippen molar-refractivity contribution in [2.24, 2.45) is 0 Å². The van der Waals surface area contributed by atoms with Gasteiger partial charge >= 0.3 is 0 Å². The van der Waals surface area contributed by atoms with Crippen LogP contribution in [0.2, 0.25) is 0 Å². The lowest BCUT2D eigenvalue weighted by molar-refractivity contribution is 0.669. The van der Waals surface area contributed by atoms with E-state index < -0.39 is 0 Å². The number of pyridine rings is 1. The Bertz CT molecular complexity index is 2100. The molecule has 0 spiro atoms. The van der Waals surface area contributed by atoms with Gasteiger partial charge in [0.1, 0.15) is 11.2 Å². The molecule has 8 aromatic rings. The van der Waals surface area contributed by atoms with Crippen LogP contribution in [0.15, 0.2) is 144 Å². The van der Waals surface area contributed by atoms with Crippen LogP contribution in [0.3, 0.4) is 0 Å². The zero-order chi connectivity index (χ0) is 29.8. The Morgan fingerprint density at radius 1 is 0.395 bits per heavy atom. The first kappa shape index (κ1) is 27.9. The Hall–Kier alpha value is -5.21. The first-order chi connectivity index (χ1) is 21.3. The van der Waals surface area contributed by atoms with E-state index in [1.807, 2.05) is 52.1 Å². The van der Waals surface area contributed by atoms with Crippen LogP contribution >= 0.6 is 0 Å².